The van der Waals surface area contributed by atoms with Gasteiger partial charge in [-0.3, -0.25) is 4.79 Å². The van der Waals surface area contributed by atoms with Crippen LogP contribution in [0.1, 0.15) is 33.3 Å². The highest BCUT2D eigenvalue weighted by Crippen LogP contribution is 2.20. The van der Waals surface area contributed by atoms with E-state index in [-0.39, 0.29) is 22.9 Å². The number of hydrogen-bond donors (Lipinski definition) is 1. The Bertz CT molecular complexity index is 1270. The molecule has 3 rings (SSSR count). The monoisotopic (exact) mass is 477 g/mol. The van der Waals surface area contributed by atoms with Gasteiger partial charge in [-0.25, -0.2) is 27.6 Å². The van der Waals surface area contributed by atoms with Crippen molar-refractivity contribution in [3.63, 3.8) is 0 Å². The van der Waals surface area contributed by atoms with Crippen LogP contribution in [0.25, 0.3) is 0 Å². The molecule has 0 bridgehead atoms. The molecule has 8 nitrogen and oxygen atoms in total. The Morgan fingerprint density at radius 1 is 1.12 bits per heavy atom. The Hall–Kier alpha value is -3.37. The molecule has 0 saturated heterocycles. The van der Waals surface area contributed by atoms with E-state index >= 15 is 0 Å². The predicted octanol–water partition coefficient (Wildman–Crippen LogP) is 3.67. The van der Waals surface area contributed by atoms with E-state index in [1.54, 1.807) is 6.92 Å². The van der Waals surface area contributed by atoms with Crippen molar-refractivity contribution in [2.24, 2.45) is 0 Å². The van der Waals surface area contributed by atoms with Gasteiger partial charge in [-0.2, -0.15) is 0 Å². The first-order valence-electron chi connectivity index (χ1n) is 9.28. The zero-order valence-corrected chi connectivity index (χ0v) is 18.3. The number of halogens is 2. The third-order valence-corrected chi connectivity index (χ3v) is 5.89. The molecule has 11 heteroatoms. The van der Waals surface area contributed by atoms with Crippen molar-refractivity contribution in [2.75, 3.05) is 11.9 Å². The number of hydrogen-bond acceptors (Lipinski definition) is 7. The molecule has 166 valence electrons. The van der Waals surface area contributed by atoms with Crippen LogP contribution < -0.4 is 5.32 Å². The molecule has 0 aliphatic carbocycles. The van der Waals surface area contributed by atoms with Crippen LogP contribution in [0.15, 0.2) is 59.9 Å². The zero-order chi connectivity index (χ0) is 23.3. The minimum absolute atomic E-state index is 0.0567. The van der Waals surface area contributed by atoms with Gasteiger partial charge in [0, 0.05) is 11.3 Å². The molecular weight excluding hydrogens is 461 g/mol. The summed E-state index contributed by atoms with van der Waals surface area (Å²) in [6.45, 7) is 1.91. The van der Waals surface area contributed by atoms with Gasteiger partial charge in [-0.15, -0.1) is 0 Å². The average molecular weight is 478 g/mol. The van der Waals surface area contributed by atoms with Gasteiger partial charge >= 0.3 is 5.97 Å². The van der Waals surface area contributed by atoms with Crippen LogP contribution in [0.5, 0.6) is 0 Å². The Balaban J connectivity index is 1.81. The Morgan fingerprint density at radius 2 is 1.81 bits per heavy atom. The van der Waals surface area contributed by atoms with Crippen LogP contribution in [-0.2, 0) is 20.3 Å². The molecule has 0 atom stereocenters. The molecule has 0 unspecified atom stereocenters. The third-order valence-electron chi connectivity index (χ3n) is 4.17. The third kappa shape index (κ3) is 5.45. The number of anilines is 1. The lowest BCUT2D eigenvalue weighted by molar-refractivity contribution is 0.0526. The quantitative estimate of drug-likeness (QED) is 0.407. The molecule has 2 aromatic carbocycles. The summed E-state index contributed by atoms with van der Waals surface area (Å²) in [5.41, 5.74) is 0.182. The lowest BCUT2D eigenvalue weighted by Gasteiger charge is -2.09. The number of esters is 1. The van der Waals surface area contributed by atoms with E-state index in [4.69, 9.17) is 16.3 Å². The molecule has 3 aromatic rings. The van der Waals surface area contributed by atoms with E-state index in [0.29, 0.717) is 11.3 Å². The van der Waals surface area contributed by atoms with Gasteiger partial charge in [0.05, 0.1) is 29.1 Å². The molecule has 0 fully saturated rings. The Labute approximate surface area is 188 Å². The van der Waals surface area contributed by atoms with Crippen molar-refractivity contribution in [3.8, 4) is 0 Å². The fourth-order valence-electron chi connectivity index (χ4n) is 2.64. The molecule has 1 heterocycles. The van der Waals surface area contributed by atoms with Crippen molar-refractivity contribution in [2.45, 2.75) is 17.8 Å². The first-order valence-corrected chi connectivity index (χ1v) is 11.3. The van der Waals surface area contributed by atoms with Crippen LogP contribution >= 0.6 is 11.6 Å². The molecule has 0 radical (unpaired) electrons. The number of carbonyl (C=O) groups excluding carboxylic acids is 2. The number of rotatable bonds is 7. The first kappa shape index (κ1) is 23.3. The molecule has 0 aliphatic heterocycles. The number of benzene rings is 2. The van der Waals surface area contributed by atoms with Gasteiger partial charge < -0.3 is 10.1 Å². The Kier molecular flexibility index (Phi) is 7.16. The normalized spacial score (nSPS) is 11.1. The molecule has 1 aromatic heterocycles. The second kappa shape index (κ2) is 9.84. The highest BCUT2D eigenvalue weighted by molar-refractivity contribution is 7.90. The van der Waals surface area contributed by atoms with Crippen molar-refractivity contribution < 1.29 is 27.1 Å². The van der Waals surface area contributed by atoms with E-state index in [0.717, 1.165) is 12.3 Å². The van der Waals surface area contributed by atoms with Gasteiger partial charge in [0.25, 0.3) is 5.91 Å². The van der Waals surface area contributed by atoms with E-state index in [9.17, 15) is 22.4 Å². The lowest BCUT2D eigenvalue weighted by atomic mass is 10.2. The SMILES string of the molecule is CCOC(=O)c1ccc(NC(=O)c2nc(S(=O)(=O)Cc3ccccc3F)ncc2Cl)cc1. The van der Waals surface area contributed by atoms with E-state index in [2.05, 4.69) is 15.3 Å². The average Bonchev–Trinajstić information content (AvgIpc) is 2.76. The molecule has 0 aliphatic rings. The second-order valence-corrected chi connectivity index (χ2v) is 8.74. The minimum Gasteiger partial charge on any atom is -0.462 e. The standard InChI is InChI=1S/C21H17ClFN3O5S/c1-2-31-20(28)13-7-9-15(10-8-13)25-19(27)18-16(22)11-24-21(26-18)32(29,30)12-14-5-3-4-6-17(14)23/h3-11H,2,12H2,1H3,(H,25,27). The highest BCUT2D eigenvalue weighted by Gasteiger charge is 2.24. The number of amides is 1. The van der Waals surface area contributed by atoms with Crippen LogP contribution in [-0.4, -0.2) is 36.9 Å². The fraction of sp³-hybridized carbons (Fsp3) is 0.143. The summed E-state index contributed by atoms with van der Waals surface area (Å²) in [6.07, 6.45) is 0.988. The highest BCUT2D eigenvalue weighted by atomic mass is 35.5. The Morgan fingerprint density at radius 3 is 2.47 bits per heavy atom. The summed E-state index contributed by atoms with van der Waals surface area (Å²) in [6, 6.07) is 11.3. The number of nitrogens with one attached hydrogen (secondary N) is 1. The van der Waals surface area contributed by atoms with Gasteiger partial charge in [-0.1, -0.05) is 29.8 Å². The van der Waals surface area contributed by atoms with Crippen molar-refractivity contribution in [1.29, 1.82) is 0 Å². The first-order chi connectivity index (χ1) is 15.2. The number of ether oxygens (including phenoxy) is 1. The zero-order valence-electron chi connectivity index (χ0n) is 16.7. The van der Waals surface area contributed by atoms with Crippen LogP contribution in [0, 0.1) is 5.82 Å². The predicted molar refractivity (Wildman–Crippen MR) is 115 cm³/mol. The van der Waals surface area contributed by atoms with E-state index in [1.807, 2.05) is 0 Å². The smallest absolute Gasteiger partial charge is 0.338 e. The molecule has 1 amide bonds. The second-order valence-electron chi connectivity index (χ2n) is 6.45. The maximum Gasteiger partial charge on any atom is 0.338 e. The van der Waals surface area contributed by atoms with Crippen LogP contribution in [0.3, 0.4) is 0 Å². The molecule has 0 spiro atoms. The summed E-state index contributed by atoms with van der Waals surface area (Å²) < 4.78 is 44.0. The maximum atomic E-state index is 13.9. The minimum atomic E-state index is -4.15. The van der Waals surface area contributed by atoms with Crippen molar-refractivity contribution >= 4 is 39.0 Å². The summed E-state index contributed by atoms with van der Waals surface area (Å²) >= 11 is 5.99. The van der Waals surface area contributed by atoms with E-state index in [1.165, 1.54) is 42.5 Å². The summed E-state index contributed by atoms with van der Waals surface area (Å²) in [5.74, 6) is -2.66. The van der Waals surface area contributed by atoms with Gasteiger partial charge in [0.15, 0.2) is 5.69 Å². The van der Waals surface area contributed by atoms with Crippen LogP contribution in [0.2, 0.25) is 5.02 Å². The van der Waals surface area contributed by atoms with Crippen LogP contribution in [0.4, 0.5) is 10.1 Å². The number of aromatic nitrogens is 2. The number of nitrogens with zero attached hydrogens (tertiary/aromatic N) is 2. The maximum absolute atomic E-state index is 13.9. The molecule has 1 N–H and O–H groups in total. The molecular formula is C21H17ClFN3O5S. The molecule has 0 saturated carbocycles. The number of carbonyl (C=O) groups is 2. The largest absolute Gasteiger partial charge is 0.462 e. The van der Waals surface area contributed by atoms with Gasteiger partial charge in [0.2, 0.25) is 15.0 Å². The van der Waals surface area contributed by atoms with Gasteiger partial charge in [0.1, 0.15) is 5.82 Å². The van der Waals surface area contributed by atoms with E-state index < -0.39 is 38.4 Å². The summed E-state index contributed by atoms with van der Waals surface area (Å²) in [4.78, 5) is 31.8. The molecule has 32 heavy (non-hydrogen) atoms. The van der Waals surface area contributed by atoms with Crippen molar-refractivity contribution in [1.82, 2.24) is 9.97 Å². The summed E-state index contributed by atoms with van der Waals surface area (Å²) in [7, 11) is -4.15. The number of sulfone groups is 1. The topological polar surface area (TPSA) is 115 Å². The lowest BCUT2D eigenvalue weighted by Crippen LogP contribution is -2.18. The fourth-order valence-corrected chi connectivity index (χ4v) is 4.03. The van der Waals surface area contributed by atoms with Crippen molar-refractivity contribution in [3.05, 3.63) is 82.4 Å². The summed E-state index contributed by atoms with van der Waals surface area (Å²) in [5, 5.41) is 1.68. The van der Waals surface area contributed by atoms with Gasteiger partial charge in [-0.05, 0) is 37.3 Å².